The molecule has 1 atom stereocenters. The molecular formula is C7H10NO4S+2. The summed E-state index contributed by atoms with van der Waals surface area (Å²) in [7, 11) is -3.93. The first-order valence-electron chi connectivity index (χ1n) is 3.51. The highest BCUT2D eigenvalue weighted by molar-refractivity contribution is 7.88. The molecule has 0 aromatic heterocycles. The number of hydrogen-bond acceptors (Lipinski definition) is 3. The monoisotopic (exact) mass is 204 g/mol. The van der Waals surface area contributed by atoms with Crippen molar-refractivity contribution >= 4 is 10.8 Å². The zero-order valence-corrected chi connectivity index (χ0v) is 7.66. The molecule has 0 heterocycles. The van der Waals surface area contributed by atoms with Crippen LogP contribution in [0.3, 0.4) is 0 Å². The second-order valence-electron chi connectivity index (χ2n) is 2.27. The molecule has 0 spiro atoms. The maximum Gasteiger partial charge on any atom is 0.597 e. The first-order chi connectivity index (χ1) is 6.14. The normalized spacial score (nSPS) is 15.2. The Morgan fingerprint density at radius 1 is 1.31 bits per heavy atom. The third kappa shape index (κ3) is 3.62. The largest absolute Gasteiger partial charge is 0.597 e. The van der Waals surface area contributed by atoms with Gasteiger partial charge < -0.3 is 0 Å². The van der Waals surface area contributed by atoms with Gasteiger partial charge in [-0.15, -0.1) is 4.18 Å². The van der Waals surface area contributed by atoms with Gasteiger partial charge >= 0.3 is 10.8 Å². The smallest absolute Gasteiger partial charge is 0.155 e. The summed E-state index contributed by atoms with van der Waals surface area (Å²) in [6, 6.07) is 8.90. The van der Waals surface area contributed by atoms with Gasteiger partial charge in [0.2, 0.25) is 0 Å². The van der Waals surface area contributed by atoms with Crippen LogP contribution in [0.1, 0.15) is 5.56 Å². The second kappa shape index (κ2) is 4.45. The molecule has 5 nitrogen and oxygen atoms in total. The lowest BCUT2D eigenvalue weighted by molar-refractivity contribution is -0.640. The van der Waals surface area contributed by atoms with Gasteiger partial charge in [0.15, 0.2) is 0 Å². The SMILES string of the molecule is [NH3+]O[S+]([O])(=O)OCc1ccccc1. The van der Waals surface area contributed by atoms with Crippen molar-refractivity contribution in [3.8, 4) is 0 Å². The lowest BCUT2D eigenvalue weighted by atomic mass is 10.2. The fraction of sp³-hybridized carbons (Fsp3) is 0.143. The Bertz CT molecular complexity index is 303. The minimum absolute atomic E-state index is 0.0430. The van der Waals surface area contributed by atoms with Crippen LogP contribution in [0, 0.1) is 0 Å². The maximum atomic E-state index is 10.7. The van der Waals surface area contributed by atoms with Crippen LogP contribution in [0.2, 0.25) is 0 Å². The third-order valence-corrected chi connectivity index (χ3v) is 2.05. The van der Waals surface area contributed by atoms with Gasteiger partial charge in [-0.1, -0.05) is 30.3 Å². The van der Waals surface area contributed by atoms with Gasteiger partial charge in [0.05, 0.1) is 4.28 Å². The van der Waals surface area contributed by atoms with Crippen LogP contribution in [-0.2, 0) is 34.6 Å². The Kier molecular flexibility index (Phi) is 3.52. The summed E-state index contributed by atoms with van der Waals surface area (Å²) in [5, 5.41) is 0. The first kappa shape index (κ1) is 10.3. The van der Waals surface area contributed by atoms with Crippen LogP contribution in [0.4, 0.5) is 0 Å². The molecule has 0 saturated carbocycles. The molecule has 6 heteroatoms. The van der Waals surface area contributed by atoms with Crippen molar-refractivity contribution in [2.45, 2.75) is 6.61 Å². The number of quaternary nitrogens is 1. The van der Waals surface area contributed by atoms with Crippen molar-refractivity contribution in [3.63, 3.8) is 0 Å². The zero-order chi connectivity index (χ0) is 9.73. The van der Waals surface area contributed by atoms with E-state index in [-0.39, 0.29) is 6.61 Å². The van der Waals surface area contributed by atoms with Gasteiger partial charge in [-0.25, -0.2) is 0 Å². The molecule has 0 aliphatic carbocycles. The lowest BCUT2D eigenvalue weighted by Crippen LogP contribution is -2.53. The number of rotatable bonds is 4. The average Bonchev–Trinajstić information content (AvgIpc) is 2.17. The molecular weight excluding hydrogens is 194 g/mol. The molecule has 1 aromatic carbocycles. The predicted molar refractivity (Wildman–Crippen MR) is 43.9 cm³/mol. The summed E-state index contributed by atoms with van der Waals surface area (Å²) in [4.78, 5) is 0. The molecule has 1 aromatic rings. The number of benzene rings is 1. The summed E-state index contributed by atoms with van der Waals surface area (Å²) in [5.41, 5.74) is 0.753. The maximum absolute atomic E-state index is 10.7. The molecule has 1 rings (SSSR count). The minimum atomic E-state index is -3.93. The topological polar surface area (TPSA) is 83.1 Å². The van der Waals surface area contributed by atoms with E-state index in [9.17, 15) is 8.76 Å². The summed E-state index contributed by atoms with van der Waals surface area (Å²) in [5.74, 6) is 2.76. The Labute approximate surface area is 77.1 Å². The van der Waals surface area contributed by atoms with Crippen molar-refractivity contribution in [3.05, 3.63) is 35.9 Å². The molecule has 0 amide bonds. The van der Waals surface area contributed by atoms with E-state index in [1.807, 2.05) is 6.07 Å². The Morgan fingerprint density at radius 3 is 2.46 bits per heavy atom. The fourth-order valence-electron chi connectivity index (χ4n) is 0.748. The van der Waals surface area contributed by atoms with Gasteiger partial charge in [0, 0.05) is 4.21 Å². The molecule has 71 valence electrons. The molecule has 3 N–H and O–H groups in total. The van der Waals surface area contributed by atoms with Gasteiger partial charge in [-0.3, -0.25) is 0 Å². The van der Waals surface area contributed by atoms with Crippen molar-refractivity contribution in [1.82, 2.24) is 0 Å². The summed E-state index contributed by atoms with van der Waals surface area (Å²) < 4.78 is 29.6. The van der Waals surface area contributed by atoms with Crippen molar-refractivity contribution < 1.29 is 23.1 Å². The average molecular weight is 204 g/mol. The molecule has 0 aliphatic heterocycles. The molecule has 0 saturated heterocycles. The number of hydrogen-bond donors (Lipinski definition) is 1. The standard InChI is InChI=1S/C7H10NO4S/c8-12-13(9,10)11-6-7-4-2-1-3-5-7/h1-5H,6H2,8H3/q+2. The van der Waals surface area contributed by atoms with Crippen LogP contribution in [0.5, 0.6) is 0 Å². The van der Waals surface area contributed by atoms with Crippen molar-refractivity contribution in [1.29, 1.82) is 0 Å². The van der Waals surface area contributed by atoms with Gasteiger partial charge in [0.25, 0.3) is 0 Å². The van der Waals surface area contributed by atoms with Gasteiger partial charge in [-0.2, -0.15) is 5.90 Å². The predicted octanol–water partition coefficient (Wildman–Crippen LogP) is 0.0517. The summed E-state index contributed by atoms with van der Waals surface area (Å²) in [6.45, 7) is -0.0430. The highest BCUT2D eigenvalue weighted by atomic mass is 32.3. The van der Waals surface area contributed by atoms with E-state index in [4.69, 9.17) is 0 Å². The lowest BCUT2D eigenvalue weighted by Gasteiger charge is -1.95. The quantitative estimate of drug-likeness (QED) is 0.555. The highest BCUT2D eigenvalue weighted by Crippen LogP contribution is 2.07. The second-order valence-corrected chi connectivity index (χ2v) is 3.56. The van der Waals surface area contributed by atoms with Crippen molar-refractivity contribution in [2.75, 3.05) is 0 Å². The van der Waals surface area contributed by atoms with E-state index in [0.29, 0.717) is 0 Å². The molecule has 1 radical (unpaired) electrons. The minimum Gasteiger partial charge on any atom is -0.155 e. The van der Waals surface area contributed by atoms with E-state index in [2.05, 4.69) is 14.4 Å². The zero-order valence-electron chi connectivity index (χ0n) is 6.84. The Hall–Kier alpha value is -0.790. The summed E-state index contributed by atoms with van der Waals surface area (Å²) in [6.07, 6.45) is 0. The van der Waals surface area contributed by atoms with Crippen LogP contribution in [0.25, 0.3) is 0 Å². The van der Waals surface area contributed by atoms with E-state index >= 15 is 0 Å². The van der Waals surface area contributed by atoms with E-state index in [0.717, 1.165) is 5.56 Å². The highest BCUT2D eigenvalue weighted by Gasteiger charge is 2.35. The Morgan fingerprint density at radius 2 is 1.92 bits per heavy atom. The molecule has 1 unspecified atom stereocenters. The first-order valence-corrected chi connectivity index (χ1v) is 4.84. The van der Waals surface area contributed by atoms with Crippen LogP contribution in [0.15, 0.2) is 30.3 Å². The van der Waals surface area contributed by atoms with Gasteiger partial charge in [0.1, 0.15) is 11.2 Å². The molecule has 0 bridgehead atoms. The van der Waals surface area contributed by atoms with E-state index in [1.54, 1.807) is 24.3 Å². The Balaban J connectivity index is 2.49. The van der Waals surface area contributed by atoms with E-state index < -0.39 is 10.8 Å². The van der Waals surface area contributed by atoms with Crippen LogP contribution in [-0.4, -0.2) is 0 Å². The molecule has 0 aliphatic rings. The third-order valence-electron chi connectivity index (χ3n) is 1.36. The van der Waals surface area contributed by atoms with Crippen molar-refractivity contribution in [2.24, 2.45) is 0 Å². The van der Waals surface area contributed by atoms with Crippen LogP contribution >= 0.6 is 0 Å². The summed E-state index contributed by atoms with van der Waals surface area (Å²) >= 11 is 0. The fourth-order valence-corrected chi connectivity index (χ4v) is 1.10. The molecule has 0 fully saturated rings. The van der Waals surface area contributed by atoms with E-state index in [1.165, 1.54) is 0 Å². The van der Waals surface area contributed by atoms with Gasteiger partial charge in [-0.05, 0) is 5.56 Å². The molecule has 13 heavy (non-hydrogen) atoms. The van der Waals surface area contributed by atoms with Crippen LogP contribution < -0.4 is 5.90 Å².